The van der Waals surface area contributed by atoms with Crippen molar-refractivity contribution in [3.05, 3.63) is 12.7 Å². The molecule has 3 heteroatoms. The molecule has 0 aliphatic rings. The first-order valence-corrected chi connectivity index (χ1v) is 9.76. The molecule has 114 valence electrons. The summed E-state index contributed by atoms with van der Waals surface area (Å²) in [4.78, 5) is 0. The Morgan fingerprint density at radius 2 is 1.26 bits per heavy atom. The van der Waals surface area contributed by atoms with Gasteiger partial charge in [0, 0.05) is 0 Å². The molecule has 0 heterocycles. The highest BCUT2D eigenvalue weighted by atomic mass is 32.2. The quantitative estimate of drug-likeness (QED) is 0.336. The van der Waals surface area contributed by atoms with Crippen LogP contribution in [0.1, 0.15) is 77.6 Å². The third-order valence-corrected chi connectivity index (χ3v) is 5.24. The number of hydrogen-bond acceptors (Lipinski definition) is 2. The van der Waals surface area contributed by atoms with Crippen LogP contribution >= 0.6 is 0 Å². The van der Waals surface area contributed by atoms with Crippen LogP contribution in [-0.4, -0.2) is 19.9 Å². The van der Waals surface area contributed by atoms with E-state index in [9.17, 15) is 8.42 Å². The molecule has 0 aliphatic carbocycles. The molecule has 0 saturated carbocycles. The number of allylic oxidation sites excluding steroid dienone is 1. The summed E-state index contributed by atoms with van der Waals surface area (Å²) in [6.45, 7) is 5.81. The summed E-state index contributed by atoms with van der Waals surface area (Å²) in [5, 5.41) is 0. The van der Waals surface area contributed by atoms with Crippen molar-refractivity contribution in [2.45, 2.75) is 77.6 Å². The molecule has 0 bridgehead atoms. The van der Waals surface area contributed by atoms with Crippen molar-refractivity contribution in [2.24, 2.45) is 0 Å². The topological polar surface area (TPSA) is 34.1 Å². The first-order valence-electron chi connectivity index (χ1n) is 7.93. The summed E-state index contributed by atoms with van der Waals surface area (Å²) in [5.74, 6) is 0.787. The van der Waals surface area contributed by atoms with E-state index in [2.05, 4.69) is 13.5 Å². The SMILES string of the molecule is C=CCCCCCCCCCS(=O)(=O)CCCCC. The van der Waals surface area contributed by atoms with Gasteiger partial charge in [-0.1, -0.05) is 57.9 Å². The standard InChI is InChI=1S/C16H32O2S/c1-3-5-7-8-9-10-11-12-14-16-19(17,18)15-13-6-4-2/h3H,1,4-16H2,2H3. The Balaban J connectivity index is 3.35. The number of unbranched alkanes of at least 4 members (excludes halogenated alkanes) is 9. The van der Waals surface area contributed by atoms with Crippen molar-refractivity contribution in [2.75, 3.05) is 11.5 Å². The van der Waals surface area contributed by atoms with Crippen LogP contribution in [0.25, 0.3) is 0 Å². The highest BCUT2D eigenvalue weighted by Crippen LogP contribution is 2.10. The monoisotopic (exact) mass is 288 g/mol. The van der Waals surface area contributed by atoms with Crippen LogP contribution in [0, 0.1) is 0 Å². The van der Waals surface area contributed by atoms with E-state index in [1.165, 1.54) is 32.1 Å². The van der Waals surface area contributed by atoms with Gasteiger partial charge in [-0.15, -0.1) is 6.58 Å². The van der Waals surface area contributed by atoms with E-state index in [-0.39, 0.29) is 0 Å². The predicted molar refractivity (Wildman–Crippen MR) is 85.3 cm³/mol. The minimum absolute atomic E-state index is 0.391. The second kappa shape index (κ2) is 12.7. The second-order valence-electron chi connectivity index (χ2n) is 5.41. The van der Waals surface area contributed by atoms with Crippen LogP contribution in [0.4, 0.5) is 0 Å². The van der Waals surface area contributed by atoms with E-state index in [0.29, 0.717) is 11.5 Å². The van der Waals surface area contributed by atoms with E-state index in [4.69, 9.17) is 0 Å². The zero-order valence-corrected chi connectivity index (χ0v) is 13.5. The average molecular weight is 288 g/mol. The van der Waals surface area contributed by atoms with Crippen LogP contribution in [-0.2, 0) is 9.84 Å². The minimum Gasteiger partial charge on any atom is -0.229 e. The average Bonchev–Trinajstić information content (AvgIpc) is 2.37. The van der Waals surface area contributed by atoms with Gasteiger partial charge in [0.05, 0.1) is 11.5 Å². The van der Waals surface area contributed by atoms with Gasteiger partial charge in [-0.3, -0.25) is 0 Å². The first-order chi connectivity index (χ1) is 9.12. The van der Waals surface area contributed by atoms with Gasteiger partial charge >= 0.3 is 0 Å². The lowest BCUT2D eigenvalue weighted by Crippen LogP contribution is -2.11. The number of rotatable bonds is 14. The van der Waals surface area contributed by atoms with Crippen molar-refractivity contribution >= 4 is 9.84 Å². The van der Waals surface area contributed by atoms with Gasteiger partial charge in [0.2, 0.25) is 0 Å². The van der Waals surface area contributed by atoms with Gasteiger partial charge in [0.15, 0.2) is 0 Å². The molecule has 0 aliphatic heterocycles. The molecule has 0 rings (SSSR count). The van der Waals surface area contributed by atoms with E-state index in [0.717, 1.165) is 38.5 Å². The molecule has 0 aromatic heterocycles. The van der Waals surface area contributed by atoms with Gasteiger partial charge in [0.25, 0.3) is 0 Å². The Kier molecular flexibility index (Phi) is 12.5. The maximum absolute atomic E-state index is 11.7. The Morgan fingerprint density at radius 3 is 1.79 bits per heavy atom. The van der Waals surface area contributed by atoms with E-state index in [1.54, 1.807) is 0 Å². The lowest BCUT2D eigenvalue weighted by atomic mass is 10.1. The maximum atomic E-state index is 11.7. The highest BCUT2D eigenvalue weighted by Gasteiger charge is 2.09. The summed E-state index contributed by atoms with van der Waals surface area (Å²) in [6.07, 6.45) is 14.2. The molecule has 2 nitrogen and oxygen atoms in total. The van der Waals surface area contributed by atoms with Crippen molar-refractivity contribution in [1.82, 2.24) is 0 Å². The molecular weight excluding hydrogens is 256 g/mol. The molecule has 19 heavy (non-hydrogen) atoms. The van der Waals surface area contributed by atoms with Crippen molar-refractivity contribution in [3.63, 3.8) is 0 Å². The highest BCUT2D eigenvalue weighted by molar-refractivity contribution is 7.91. The van der Waals surface area contributed by atoms with Gasteiger partial charge in [-0.05, 0) is 25.7 Å². The third-order valence-electron chi connectivity index (χ3n) is 3.42. The van der Waals surface area contributed by atoms with Gasteiger partial charge < -0.3 is 0 Å². The largest absolute Gasteiger partial charge is 0.229 e. The lowest BCUT2D eigenvalue weighted by molar-refractivity contribution is 0.573. The van der Waals surface area contributed by atoms with Crippen LogP contribution in [0.2, 0.25) is 0 Å². The Bertz CT molecular complexity index is 294. The molecule has 0 N–H and O–H groups in total. The molecule has 0 atom stereocenters. The Labute approximate surface area is 120 Å². The normalized spacial score (nSPS) is 11.6. The fourth-order valence-electron chi connectivity index (χ4n) is 2.17. The van der Waals surface area contributed by atoms with Crippen LogP contribution in [0.5, 0.6) is 0 Å². The third kappa shape index (κ3) is 13.9. The zero-order chi connectivity index (χ0) is 14.4. The van der Waals surface area contributed by atoms with Gasteiger partial charge in [-0.25, -0.2) is 8.42 Å². The van der Waals surface area contributed by atoms with E-state index < -0.39 is 9.84 Å². The van der Waals surface area contributed by atoms with Gasteiger partial charge in [-0.2, -0.15) is 0 Å². The first kappa shape index (κ1) is 18.7. The summed E-state index contributed by atoms with van der Waals surface area (Å²) in [7, 11) is -2.77. The zero-order valence-electron chi connectivity index (χ0n) is 12.7. The second-order valence-corrected chi connectivity index (χ2v) is 7.71. The number of hydrogen-bond donors (Lipinski definition) is 0. The van der Waals surface area contributed by atoms with Crippen LogP contribution < -0.4 is 0 Å². The van der Waals surface area contributed by atoms with Crippen molar-refractivity contribution in [3.8, 4) is 0 Å². The molecule has 0 radical (unpaired) electrons. The summed E-state index contributed by atoms with van der Waals surface area (Å²) < 4.78 is 23.4. The van der Waals surface area contributed by atoms with E-state index in [1.807, 2.05) is 6.08 Å². The molecule has 0 aromatic carbocycles. The van der Waals surface area contributed by atoms with E-state index >= 15 is 0 Å². The fraction of sp³-hybridized carbons (Fsp3) is 0.875. The maximum Gasteiger partial charge on any atom is 0.150 e. The lowest BCUT2D eigenvalue weighted by Gasteiger charge is -2.04. The number of sulfone groups is 1. The molecule has 0 aromatic rings. The smallest absolute Gasteiger partial charge is 0.150 e. The Hall–Kier alpha value is -0.310. The molecular formula is C16H32O2S. The predicted octanol–water partition coefficient (Wildman–Crippen LogP) is 4.90. The van der Waals surface area contributed by atoms with Gasteiger partial charge in [0.1, 0.15) is 9.84 Å². The Morgan fingerprint density at radius 1 is 0.789 bits per heavy atom. The molecule has 0 saturated heterocycles. The molecule has 0 fully saturated rings. The summed E-state index contributed by atoms with van der Waals surface area (Å²) in [5.41, 5.74) is 0. The summed E-state index contributed by atoms with van der Waals surface area (Å²) >= 11 is 0. The molecule has 0 amide bonds. The van der Waals surface area contributed by atoms with Crippen LogP contribution in [0.15, 0.2) is 12.7 Å². The molecule has 0 unspecified atom stereocenters. The molecule has 0 spiro atoms. The van der Waals surface area contributed by atoms with Crippen molar-refractivity contribution < 1.29 is 8.42 Å². The van der Waals surface area contributed by atoms with Crippen LogP contribution in [0.3, 0.4) is 0 Å². The fourth-order valence-corrected chi connectivity index (χ4v) is 3.66. The van der Waals surface area contributed by atoms with Crippen molar-refractivity contribution in [1.29, 1.82) is 0 Å². The minimum atomic E-state index is -2.77. The summed E-state index contributed by atoms with van der Waals surface area (Å²) in [6, 6.07) is 0.